The van der Waals surface area contributed by atoms with Crippen molar-refractivity contribution in [3.8, 4) is 0 Å². The zero-order valence-electron chi connectivity index (χ0n) is 12.0. The van der Waals surface area contributed by atoms with Gasteiger partial charge in [0.1, 0.15) is 0 Å². The van der Waals surface area contributed by atoms with Gasteiger partial charge in [-0.05, 0) is 55.1 Å². The molecule has 0 amide bonds. The fraction of sp³-hybridized carbons (Fsp3) is 0.647. The highest BCUT2D eigenvalue weighted by molar-refractivity contribution is 6.31. The summed E-state index contributed by atoms with van der Waals surface area (Å²) in [5.41, 5.74) is 1.07. The predicted octanol–water partition coefficient (Wildman–Crippen LogP) is 4.71. The minimum absolute atomic E-state index is 0.243. The third-order valence-electron chi connectivity index (χ3n) is 4.69. The lowest BCUT2D eigenvalue weighted by Gasteiger charge is -2.33. The molecule has 2 heteroatoms. The van der Waals surface area contributed by atoms with Gasteiger partial charge in [0.25, 0.3) is 0 Å². The minimum Gasteiger partial charge on any atom is -0.392 e. The summed E-state index contributed by atoms with van der Waals surface area (Å²) in [7, 11) is 0. The van der Waals surface area contributed by atoms with E-state index in [2.05, 4.69) is 13.8 Å². The Morgan fingerprint density at radius 3 is 2.26 bits per heavy atom. The first-order chi connectivity index (χ1) is 9.08. The molecule has 1 N–H and O–H groups in total. The number of aliphatic hydroxyl groups excluding tert-OH is 1. The molecule has 1 aliphatic rings. The van der Waals surface area contributed by atoms with E-state index in [1.165, 1.54) is 12.8 Å². The summed E-state index contributed by atoms with van der Waals surface area (Å²) in [5, 5.41) is 11.2. The van der Waals surface area contributed by atoms with Gasteiger partial charge < -0.3 is 5.11 Å². The molecule has 1 aliphatic carbocycles. The quantitative estimate of drug-likeness (QED) is 0.847. The van der Waals surface area contributed by atoms with Crippen LogP contribution in [0.4, 0.5) is 0 Å². The van der Waals surface area contributed by atoms with Gasteiger partial charge in [0.15, 0.2) is 0 Å². The maximum atomic E-state index is 10.4. The predicted molar refractivity (Wildman–Crippen MR) is 81.4 cm³/mol. The highest BCUT2D eigenvalue weighted by Crippen LogP contribution is 2.35. The van der Waals surface area contributed by atoms with E-state index >= 15 is 0 Å². The maximum Gasteiger partial charge on any atom is 0.0609 e. The Morgan fingerprint density at radius 2 is 1.68 bits per heavy atom. The molecule has 0 aromatic heterocycles. The van der Waals surface area contributed by atoms with Crippen LogP contribution in [0.5, 0.6) is 0 Å². The molecule has 0 bridgehead atoms. The van der Waals surface area contributed by atoms with Crippen LogP contribution in [0.1, 0.15) is 45.1 Å². The summed E-state index contributed by atoms with van der Waals surface area (Å²) in [6.07, 6.45) is 5.30. The van der Waals surface area contributed by atoms with Crippen LogP contribution in [0.15, 0.2) is 24.3 Å². The van der Waals surface area contributed by atoms with Gasteiger partial charge in [-0.1, -0.05) is 43.6 Å². The number of hydrogen-bond acceptors (Lipinski definition) is 1. The summed E-state index contributed by atoms with van der Waals surface area (Å²) in [5.74, 6) is 2.08. The van der Waals surface area contributed by atoms with Gasteiger partial charge in [0.2, 0.25) is 0 Å². The Hall–Kier alpha value is -0.530. The monoisotopic (exact) mass is 280 g/mol. The van der Waals surface area contributed by atoms with E-state index in [4.69, 9.17) is 11.6 Å². The first-order valence-electron chi connectivity index (χ1n) is 7.49. The molecule has 0 heterocycles. The second-order valence-electron chi connectivity index (χ2n) is 6.28. The van der Waals surface area contributed by atoms with Gasteiger partial charge in [-0.25, -0.2) is 0 Å². The summed E-state index contributed by atoms with van der Waals surface area (Å²) in [6.45, 7) is 4.62. The van der Waals surface area contributed by atoms with Crippen LogP contribution in [0.3, 0.4) is 0 Å². The van der Waals surface area contributed by atoms with Crippen LogP contribution in [0.2, 0.25) is 5.02 Å². The molecular formula is C17H25ClO. The molecule has 106 valence electrons. The van der Waals surface area contributed by atoms with Crippen molar-refractivity contribution >= 4 is 11.6 Å². The van der Waals surface area contributed by atoms with E-state index in [0.717, 1.165) is 35.3 Å². The lowest BCUT2D eigenvalue weighted by atomic mass is 9.74. The molecule has 1 aromatic carbocycles. The first-order valence-corrected chi connectivity index (χ1v) is 7.87. The lowest BCUT2D eigenvalue weighted by Crippen LogP contribution is -2.28. The molecule has 19 heavy (non-hydrogen) atoms. The highest BCUT2D eigenvalue weighted by atomic mass is 35.5. The SMILES string of the molecule is CC(C)C1CCC(C(O)Cc2ccccc2Cl)CC1. The number of rotatable bonds is 4. The van der Waals surface area contributed by atoms with Crippen molar-refractivity contribution in [2.75, 3.05) is 0 Å². The maximum absolute atomic E-state index is 10.4. The van der Waals surface area contributed by atoms with Crippen LogP contribution in [-0.2, 0) is 6.42 Å². The molecule has 1 fully saturated rings. The van der Waals surface area contributed by atoms with E-state index in [-0.39, 0.29) is 6.10 Å². The molecule has 1 atom stereocenters. The molecular weight excluding hydrogens is 256 g/mol. The fourth-order valence-corrected chi connectivity index (χ4v) is 3.47. The number of hydrogen-bond donors (Lipinski definition) is 1. The topological polar surface area (TPSA) is 20.2 Å². The zero-order valence-corrected chi connectivity index (χ0v) is 12.7. The average molecular weight is 281 g/mol. The van der Waals surface area contributed by atoms with E-state index in [0.29, 0.717) is 12.3 Å². The van der Waals surface area contributed by atoms with Gasteiger partial charge in [-0.2, -0.15) is 0 Å². The van der Waals surface area contributed by atoms with Crippen LogP contribution in [0.25, 0.3) is 0 Å². The van der Waals surface area contributed by atoms with Crippen LogP contribution in [-0.4, -0.2) is 11.2 Å². The summed E-state index contributed by atoms with van der Waals surface area (Å²) in [4.78, 5) is 0. The van der Waals surface area contributed by atoms with Crippen molar-refractivity contribution in [3.63, 3.8) is 0 Å². The van der Waals surface area contributed by atoms with Gasteiger partial charge in [-0.15, -0.1) is 0 Å². The Kier molecular flexibility index (Phi) is 5.29. The van der Waals surface area contributed by atoms with Crippen molar-refractivity contribution < 1.29 is 5.11 Å². The molecule has 2 rings (SSSR count). The standard InChI is InChI=1S/C17H25ClO/c1-12(2)13-7-9-14(10-8-13)17(19)11-15-5-3-4-6-16(15)18/h3-6,12-14,17,19H,7-11H2,1-2H3. The van der Waals surface area contributed by atoms with Crippen molar-refractivity contribution in [1.82, 2.24) is 0 Å². The van der Waals surface area contributed by atoms with Gasteiger partial charge in [0, 0.05) is 11.4 Å². The molecule has 0 radical (unpaired) electrons. The first kappa shape index (κ1) is 14.9. The van der Waals surface area contributed by atoms with E-state index in [1.54, 1.807) is 0 Å². The normalized spacial score (nSPS) is 25.5. The second kappa shape index (κ2) is 6.76. The minimum atomic E-state index is -0.243. The number of aliphatic hydroxyl groups is 1. The molecule has 1 unspecified atom stereocenters. The Balaban J connectivity index is 1.88. The third kappa shape index (κ3) is 3.97. The second-order valence-corrected chi connectivity index (χ2v) is 6.69. The van der Waals surface area contributed by atoms with Gasteiger partial charge in [-0.3, -0.25) is 0 Å². The van der Waals surface area contributed by atoms with Crippen molar-refractivity contribution in [1.29, 1.82) is 0 Å². The molecule has 0 aliphatic heterocycles. The summed E-state index contributed by atoms with van der Waals surface area (Å²) >= 11 is 6.16. The third-order valence-corrected chi connectivity index (χ3v) is 5.06. The Morgan fingerprint density at radius 1 is 1.11 bits per heavy atom. The highest BCUT2D eigenvalue weighted by Gasteiger charge is 2.27. The lowest BCUT2D eigenvalue weighted by molar-refractivity contribution is 0.0675. The molecule has 1 saturated carbocycles. The van der Waals surface area contributed by atoms with Crippen molar-refractivity contribution in [3.05, 3.63) is 34.9 Å². The summed E-state index contributed by atoms with van der Waals surface area (Å²) < 4.78 is 0. The van der Waals surface area contributed by atoms with Crippen LogP contribution < -0.4 is 0 Å². The van der Waals surface area contributed by atoms with Gasteiger partial charge in [0.05, 0.1) is 6.10 Å². The Labute approximate surface area is 122 Å². The summed E-state index contributed by atoms with van der Waals surface area (Å²) in [6, 6.07) is 7.85. The van der Waals surface area contributed by atoms with E-state index in [1.807, 2.05) is 24.3 Å². The average Bonchev–Trinajstić information content (AvgIpc) is 2.41. The molecule has 1 nitrogen and oxygen atoms in total. The van der Waals surface area contributed by atoms with Crippen LogP contribution in [0, 0.1) is 17.8 Å². The van der Waals surface area contributed by atoms with Crippen molar-refractivity contribution in [2.24, 2.45) is 17.8 Å². The van der Waals surface area contributed by atoms with Gasteiger partial charge >= 0.3 is 0 Å². The number of benzene rings is 1. The number of halogens is 1. The molecule has 0 spiro atoms. The van der Waals surface area contributed by atoms with Crippen molar-refractivity contribution in [2.45, 2.75) is 52.1 Å². The zero-order chi connectivity index (χ0) is 13.8. The smallest absolute Gasteiger partial charge is 0.0609 e. The van der Waals surface area contributed by atoms with E-state index in [9.17, 15) is 5.11 Å². The Bertz CT molecular complexity index is 394. The molecule has 1 aromatic rings. The fourth-order valence-electron chi connectivity index (χ4n) is 3.25. The largest absolute Gasteiger partial charge is 0.392 e. The molecule has 0 saturated heterocycles. The van der Waals surface area contributed by atoms with Crippen LogP contribution >= 0.6 is 11.6 Å². The van der Waals surface area contributed by atoms with E-state index < -0.39 is 0 Å².